The lowest BCUT2D eigenvalue weighted by Crippen LogP contribution is -2.49. The van der Waals surface area contributed by atoms with Crippen molar-refractivity contribution >= 4 is 33.2 Å². The molecule has 0 saturated carbocycles. The lowest BCUT2D eigenvalue weighted by molar-refractivity contribution is -0.134. The van der Waals surface area contributed by atoms with E-state index in [1.165, 1.54) is 68.8 Å². The van der Waals surface area contributed by atoms with E-state index in [2.05, 4.69) is 10.2 Å². The number of aromatic hydroxyl groups is 1. The van der Waals surface area contributed by atoms with Gasteiger partial charge in [-0.3, -0.25) is 9.59 Å². The number of anilines is 2. The summed E-state index contributed by atoms with van der Waals surface area (Å²) in [5.41, 5.74) is 0.709. The van der Waals surface area contributed by atoms with Crippen molar-refractivity contribution in [2.45, 2.75) is 50.0 Å². The molecule has 0 bridgehead atoms. The third kappa shape index (κ3) is 7.19. The maximum absolute atomic E-state index is 13.8. The number of amides is 2. The molecule has 0 radical (unpaired) electrons. The lowest BCUT2D eigenvalue weighted by Gasteiger charge is -2.34. The van der Waals surface area contributed by atoms with Crippen LogP contribution in [-0.2, 0) is 14.8 Å². The SMILES string of the molecule is CC(NC(=O)c1ccc(S(=O)(=O)N(c2ccccc2)c2ccccc2O)cc1)C(=O)N1CCC(CCN2CCCC2)CC1. The molecule has 2 heterocycles. The number of piperidine rings is 1. The average molecular weight is 605 g/mol. The Hall–Kier alpha value is -3.89. The molecule has 0 aliphatic carbocycles. The molecule has 1 unspecified atom stereocenters. The number of likely N-dealkylation sites (tertiary alicyclic amines) is 2. The summed E-state index contributed by atoms with van der Waals surface area (Å²) in [6.07, 6.45) is 5.74. The molecule has 0 aromatic heterocycles. The molecular formula is C33H40N4O5S. The Morgan fingerprint density at radius 3 is 2.19 bits per heavy atom. The van der Waals surface area contributed by atoms with Crippen molar-refractivity contribution in [3.05, 3.63) is 84.4 Å². The minimum atomic E-state index is -4.16. The van der Waals surface area contributed by atoms with Crippen molar-refractivity contribution < 1.29 is 23.1 Å². The smallest absolute Gasteiger partial charge is 0.268 e. The van der Waals surface area contributed by atoms with Crippen molar-refractivity contribution in [3.8, 4) is 5.75 Å². The van der Waals surface area contributed by atoms with Crippen molar-refractivity contribution in [1.82, 2.24) is 15.1 Å². The highest BCUT2D eigenvalue weighted by atomic mass is 32.2. The van der Waals surface area contributed by atoms with E-state index in [4.69, 9.17) is 0 Å². The van der Waals surface area contributed by atoms with Gasteiger partial charge in [0.05, 0.1) is 16.3 Å². The van der Waals surface area contributed by atoms with E-state index in [1.807, 2.05) is 4.90 Å². The van der Waals surface area contributed by atoms with Crippen molar-refractivity contribution in [2.24, 2.45) is 5.92 Å². The second-order valence-electron chi connectivity index (χ2n) is 11.4. The van der Waals surface area contributed by atoms with Gasteiger partial charge in [-0.05, 0) is 113 Å². The zero-order chi connectivity index (χ0) is 30.4. The molecule has 5 rings (SSSR count). The van der Waals surface area contributed by atoms with Crippen molar-refractivity contribution in [1.29, 1.82) is 0 Å². The van der Waals surface area contributed by atoms with Crippen LogP contribution in [0.5, 0.6) is 5.75 Å². The molecule has 10 heteroatoms. The number of phenolic OH excluding ortho intramolecular Hbond substituents is 1. The highest BCUT2D eigenvalue weighted by molar-refractivity contribution is 7.93. The predicted octanol–water partition coefficient (Wildman–Crippen LogP) is 4.76. The van der Waals surface area contributed by atoms with Crippen LogP contribution in [0.25, 0.3) is 0 Å². The third-order valence-corrected chi connectivity index (χ3v) is 10.2. The first-order chi connectivity index (χ1) is 20.7. The normalized spacial score (nSPS) is 17.0. The predicted molar refractivity (Wildman–Crippen MR) is 167 cm³/mol. The monoisotopic (exact) mass is 604 g/mol. The van der Waals surface area contributed by atoms with Gasteiger partial charge < -0.3 is 20.2 Å². The van der Waals surface area contributed by atoms with Gasteiger partial charge in [-0.2, -0.15) is 0 Å². The number of rotatable bonds is 10. The van der Waals surface area contributed by atoms with E-state index in [1.54, 1.807) is 49.4 Å². The van der Waals surface area contributed by atoms with Gasteiger partial charge >= 0.3 is 0 Å². The van der Waals surface area contributed by atoms with Crippen LogP contribution >= 0.6 is 0 Å². The molecule has 2 saturated heterocycles. The minimum Gasteiger partial charge on any atom is -0.506 e. The Kier molecular flexibility index (Phi) is 9.67. The number of hydrogen-bond donors (Lipinski definition) is 2. The quantitative estimate of drug-likeness (QED) is 0.345. The van der Waals surface area contributed by atoms with Gasteiger partial charge in [0.15, 0.2) is 0 Å². The summed E-state index contributed by atoms with van der Waals surface area (Å²) in [4.78, 5) is 30.4. The first-order valence-corrected chi connectivity index (χ1v) is 16.5. The van der Waals surface area contributed by atoms with E-state index >= 15 is 0 Å². The molecule has 2 aliphatic heterocycles. The molecule has 3 aromatic carbocycles. The molecule has 2 aliphatic rings. The number of carbonyl (C=O) groups excluding carboxylic acids is 2. The number of sulfonamides is 1. The minimum absolute atomic E-state index is 0.0483. The van der Waals surface area contributed by atoms with Gasteiger partial charge in [0.25, 0.3) is 15.9 Å². The molecule has 43 heavy (non-hydrogen) atoms. The highest BCUT2D eigenvalue weighted by Crippen LogP contribution is 2.37. The van der Waals surface area contributed by atoms with Gasteiger partial charge in [0.1, 0.15) is 11.8 Å². The van der Waals surface area contributed by atoms with Gasteiger partial charge in [-0.1, -0.05) is 30.3 Å². The molecule has 3 aromatic rings. The standard InChI is InChI=1S/C33H40N4O5S/c1-25(33(40)36-23-18-26(19-24-36)17-22-35-20-7-8-21-35)34-32(39)27-13-15-29(16-14-27)43(41,42)37(28-9-3-2-4-10-28)30-11-5-6-12-31(30)38/h2-6,9-16,25-26,38H,7-8,17-24H2,1H3,(H,34,39). The Bertz CT molecular complexity index is 1500. The van der Waals surface area contributed by atoms with Crippen LogP contribution in [0.1, 0.15) is 49.4 Å². The van der Waals surface area contributed by atoms with Crippen LogP contribution in [-0.4, -0.2) is 73.9 Å². The molecule has 9 nitrogen and oxygen atoms in total. The molecule has 2 amide bonds. The highest BCUT2D eigenvalue weighted by Gasteiger charge is 2.30. The fourth-order valence-electron chi connectivity index (χ4n) is 5.92. The molecular weight excluding hydrogens is 564 g/mol. The van der Waals surface area contributed by atoms with E-state index < -0.39 is 22.0 Å². The Morgan fingerprint density at radius 2 is 1.53 bits per heavy atom. The van der Waals surface area contributed by atoms with Gasteiger partial charge in [-0.25, -0.2) is 12.7 Å². The molecule has 0 spiro atoms. The average Bonchev–Trinajstić information content (AvgIpc) is 3.55. The maximum atomic E-state index is 13.8. The third-order valence-electron chi connectivity index (χ3n) is 8.44. The Morgan fingerprint density at radius 1 is 0.907 bits per heavy atom. The van der Waals surface area contributed by atoms with Crippen LogP contribution in [0.2, 0.25) is 0 Å². The summed E-state index contributed by atoms with van der Waals surface area (Å²) < 4.78 is 28.7. The van der Waals surface area contributed by atoms with E-state index in [-0.39, 0.29) is 27.8 Å². The summed E-state index contributed by atoms with van der Waals surface area (Å²) >= 11 is 0. The molecule has 2 N–H and O–H groups in total. The number of nitrogens with zero attached hydrogens (tertiary/aromatic N) is 3. The van der Waals surface area contributed by atoms with Crippen molar-refractivity contribution in [2.75, 3.05) is 37.0 Å². The van der Waals surface area contributed by atoms with Crippen LogP contribution < -0.4 is 9.62 Å². The van der Waals surface area contributed by atoms with Crippen LogP contribution in [0, 0.1) is 5.92 Å². The topological polar surface area (TPSA) is 110 Å². The summed E-state index contributed by atoms with van der Waals surface area (Å²) in [7, 11) is -4.16. The van der Waals surface area contributed by atoms with E-state index in [9.17, 15) is 23.1 Å². The number of para-hydroxylation sites is 3. The first-order valence-electron chi connectivity index (χ1n) is 15.0. The van der Waals surface area contributed by atoms with Gasteiger partial charge in [-0.15, -0.1) is 0 Å². The van der Waals surface area contributed by atoms with E-state index in [0.717, 1.165) is 23.7 Å². The molecule has 1 atom stereocenters. The second kappa shape index (κ2) is 13.6. The number of carbonyl (C=O) groups is 2. The second-order valence-corrected chi connectivity index (χ2v) is 13.2. The van der Waals surface area contributed by atoms with Gasteiger partial charge in [0.2, 0.25) is 5.91 Å². The number of nitrogens with one attached hydrogen (secondary N) is 1. The first kappa shape index (κ1) is 30.6. The summed E-state index contributed by atoms with van der Waals surface area (Å²) in [6, 6.07) is 19.6. The molecule has 2 fully saturated rings. The largest absolute Gasteiger partial charge is 0.506 e. The number of benzene rings is 3. The number of hydrogen-bond acceptors (Lipinski definition) is 6. The van der Waals surface area contributed by atoms with Crippen LogP contribution in [0.4, 0.5) is 11.4 Å². The lowest BCUT2D eigenvalue weighted by atomic mass is 9.93. The Labute approximate surface area is 254 Å². The summed E-state index contributed by atoms with van der Waals surface area (Å²) in [5, 5.41) is 13.3. The summed E-state index contributed by atoms with van der Waals surface area (Å²) in [5.74, 6) is -0.110. The fraction of sp³-hybridized carbons (Fsp3) is 0.394. The fourth-order valence-corrected chi connectivity index (χ4v) is 7.42. The summed E-state index contributed by atoms with van der Waals surface area (Å²) in [6.45, 7) is 6.64. The van der Waals surface area contributed by atoms with Crippen LogP contribution in [0.15, 0.2) is 83.8 Å². The maximum Gasteiger partial charge on any atom is 0.268 e. The van der Waals surface area contributed by atoms with Crippen molar-refractivity contribution in [3.63, 3.8) is 0 Å². The number of phenols is 1. The Balaban J connectivity index is 1.20. The zero-order valence-electron chi connectivity index (χ0n) is 24.6. The zero-order valence-corrected chi connectivity index (χ0v) is 25.4. The van der Waals surface area contributed by atoms with E-state index in [0.29, 0.717) is 24.7 Å². The molecule has 228 valence electrons. The van der Waals surface area contributed by atoms with Crippen LogP contribution in [0.3, 0.4) is 0 Å². The van der Waals surface area contributed by atoms with Gasteiger partial charge in [0, 0.05) is 18.7 Å².